The molecule has 0 spiro atoms. The zero-order chi connectivity index (χ0) is 19.1. The van der Waals surface area contributed by atoms with Crippen molar-refractivity contribution >= 4 is 29.5 Å². The smallest absolute Gasteiger partial charge is 0.243 e. The number of rotatable bonds is 7. The van der Waals surface area contributed by atoms with Gasteiger partial charge in [0.15, 0.2) is 0 Å². The molecule has 6 nitrogen and oxygen atoms in total. The number of nitrogens with one attached hydrogen (secondary N) is 3. The summed E-state index contributed by atoms with van der Waals surface area (Å²) in [6.07, 6.45) is 0.492. The van der Waals surface area contributed by atoms with E-state index in [0.29, 0.717) is 25.3 Å². The minimum Gasteiger partial charge on any atom is -0.354 e. The fourth-order valence-corrected chi connectivity index (χ4v) is 3.61. The molecule has 1 aliphatic heterocycles. The Hall–Kier alpha value is -2.09. The van der Waals surface area contributed by atoms with E-state index in [1.54, 1.807) is 26.0 Å². The van der Waals surface area contributed by atoms with Crippen LogP contribution >= 0.6 is 11.8 Å². The molecule has 142 valence electrons. The molecule has 1 fully saturated rings. The molecule has 1 heterocycles. The SMILES string of the molecule is CC(C)C(=O)NCCNC(=O)[C@H]1CS[C@@H](Cc2ccc(F)cc2)C(=O)N1. The summed E-state index contributed by atoms with van der Waals surface area (Å²) in [5, 5.41) is 7.87. The van der Waals surface area contributed by atoms with E-state index in [1.807, 2.05) is 0 Å². The Morgan fingerprint density at radius 2 is 1.88 bits per heavy atom. The molecule has 1 aromatic rings. The molecule has 1 aliphatic rings. The van der Waals surface area contributed by atoms with Crippen molar-refractivity contribution in [2.75, 3.05) is 18.8 Å². The van der Waals surface area contributed by atoms with Gasteiger partial charge < -0.3 is 16.0 Å². The lowest BCUT2D eigenvalue weighted by Crippen LogP contribution is -2.55. The van der Waals surface area contributed by atoms with Gasteiger partial charge >= 0.3 is 0 Å². The fraction of sp³-hybridized carbons (Fsp3) is 0.500. The first kappa shape index (κ1) is 20.2. The highest BCUT2D eigenvalue weighted by Gasteiger charge is 2.32. The molecule has 3 N–H and O–H groups in total. The summed E-state index contributed by atoms with van der Waals surface area (Å²) in [5.41, 5.74) is 0.878. The first-order valence-corrected chi connectivity index (χ1v) is 9.63. The number of thioether (sulfide) groups is 1. The summed E-state index contributed by atoms with van der Waals surface area (Å²) in [7, 11) is 0. The van der Waals surface area contributed by atoms with Crippen LogP contribution in [0.4, 0.5) is 4.39 Å². The average molecular weight is 381 g/mol. The first-order chi connectivity index (χ1) is 12.4. The summed E-state index contributed by atoms with van der Waals surface area (Å²) < 4.78 is 12.9. The maximum absolute atomic E-state index is 12.9. The van der Waals surface area contributed by atoms with Crippen molar-refractivity contribution in [3.63, 3.8) is 0 Å². The summed E-state index contributed by atoms with van der Waals surface area (Å²) >= 11 is 1.42. The minimum absolute atomic E-state index is 0.0654. The predicted octanol–water partition coefficient (Wildman–Crippen LogP) is 0.857. The molecule has 8 heteroatoms. The first-order valence-electron chi connectivity index (χ1n) is 8.58. The van der Waals surface area contributed by atoms with Crippen molar-refractivity contribution in [2.45, 2.75) is 31.6 Å². The summed E-state index contributed by atoms with van der Waals surface area (Å²) in [6, 6.07) is 5.48. The lowest BCUT2D eigenvalue weighted by Gasteiger charge is -2.28. The van der Waals surface area contributed by atoms with E-state index in [0.717, 1.165) is 5.56 Å². The highest BCUT2D eigenvalue weighted by molar-refractivity contribution is 8.00. The molecule has 0 aromatic heterocycles. The molecule has 0 bridgehead atoms. The van der Waals surface area contributed by atoms with Crippen LogP contribution in [0.25, 0.3) is 0 Å². The maximum Gasteiger partial charge on any atom is 0.243 e. The van der Waals surface area contributed by atoms with E-state index in [-0.39, 0.29) is 34.7 Å². The van der Waals surface area contributed by atoms with Crippen LogP contribution in [-0.2, 0) is 20.8 Å². The maximum atomic E-state index is 12.9. The van der Waals surface area contributed by atoms with Gasteiger partial charge in [-0.25, -0.2) is 4.39 Å². The average Bonchev–Trinajstić information content (AvgIpc) is 2.61. The minimum atomic E-state index is -0.585. The number of benzene rings is 1. The normalized spacial score (nSPS) is 19.8. The largest absolute Gasteiger partial charge is 0.354 e. The van der Waals surface area contributed by atoms with Crippen molar-refractivity contribution < 1.29 is 18.8 Å². The fourth-order valence-electron chi connectivity index (χ4n) is 2.42. The molecule has 2 atom stereocenters. The Morgan fingerprint density at radius 1 is 1.23 bits per heavy atom. The van der Waals surface area contributed by atoms with Crippen LogP contribution in [0.2, 0.25) is 0 Å². The van der Waals surface area contributed by atoms with Crippen LogP contribution in [0.15, 0.2) is 24.3 Å². The van der Waals surface area contributed by atoms with Crippen molar-refractivity contribution in [3.8, 4) is 0 Å². The standard InChI is InChI=1S/C18H24FN3O3S/c1-11(2)16(23)20-7-8-21-17(24)14-10-26-15(18(25)22-14)9-12-3-5-13(19)6-4-12/h3-6,11,14-15H,7-10H2,1-2H3,(H,20,23)(H,21,24)(H,22,25)/t14-,15+/m1/s1. The van der Waals surface area contributed by atoms with E-state index < -0.39 is 6.04 Å². The summed E-state index contributed by atoms with van der Waals surface area (Å²) in [4.78, 5) is 35.8. The van der Waals surface area contributed by atoms with Crippen LogP contribution in [-0.4, -0.2) is 47.9 Å². The molecule has 26 heavy (non-hydrogen) atoms. The van der Waals surface area contributed by atoms with Gasteiger partial charge in [-0.3, -0.25) is 14.4 Å². The van der Waals surface area contributed by atoms with Crippen LogP contribution in [0.3, 0.4) is 0 Å². The molecule has 0 radical (unpaired) electrons. The predicted molar refractivity (Wildman–Crippen MR) is 99.1 cm³/mol. The third-order valence-corrected chi connectivity index (χ3v) is 5.28. The van der Waals surface area contributed by atoms with E-state index in [4.69, 9.17) is 0 Å². The van der Waals surface area contributed by atoms with Gasteiger partial charge in [-0.1, -0.05) is 26.0 Å². The zero-order valence-corrected chi connectivity index (χ0v) is 15.7. The van der Waals surface area contributed by atoms with E-state index in [9.17, 15) is 18.8 Å². The number of amides is 3. The highest BCUT2D eigenvalue weighted by atomic mass is 32.2. The second kappa shape index (κ2) is 9.56. The molecule has 0 saturated carbocycles. The number of carbonyl (C=O) groups excluding carboxylic acids is 3. The molecule has 1 saturated heterocycles. The molecular formula is C18H24FN3O3S. The van der Waals surface area contributed by atoms with Gasteiger partial charge in [-0.2, -0.15) is 0 Å². The van der Waals surface area contributed by atoms with Crippen LogP contribution in [0.5, 0.6) is 0 Å². The number of hydrogen-bond donors (Lipinski definition) is 3. The molecule has 3 amide bonds. The van der Waals surface area contributed by atoms with E-state index in [1.165, 1.54) is 23.9 Å². The van der Waals surface area contributed by atoms with Gasteiger partial charge in [-0.15, -0.1) is 11.8 Å². The number of carbonyl (C=O) groups is 3. The summed E-state index contributed by atoms with van der Waals surface area (Å²) in [6.45, 7) is 4.26. The second-order valence-corrected chi connectivity index (χ2v) is 7.69. The third kappa shape index (κ3) is 6.01. The van der Waals surface area contributed by atoms with Gasteiger partial charge in [0.25, 0.3) is 0 Å². The Labute approximate surface area is 156 Å². The molecular weight excluding hydrogens is 357 g/mol. The van der Waals surface area contributed by atoms with Gasteiger partial charge in [0.05, 0.1) is 5.25 Å². The monoisotopic (exact) mass is 381 g/mol. The summed E-state index contributed by atoms with van der Waals surface area (Å²) in [5.74, 6) is -0.455. The lowest BCUT2D eigenvalue weighted by atomic mass is 10.1. The van der Waals surface area contributed by atoms with Crippen molar-refractivity contribution in [1.29, 1.82) is 0 Å². The van der Waals surface area contributed by atoms with Crippen molar-refractivity contribution in [2.24, 2.45) is 5.92 Å². The quantitative estimate of drug-likeness (QED) is 0.612. The molecule has 1 aromatic carbocycles. The number of hydrogen-bond acceptors (Lipinski definition) is 4. The van der Waals surface area contributed by atoms with E-state index in [2.05, 4.69) is 16.0 Å². The van der Waals surface area contributed by atoms with Gasteiger partial charge in [0.2, 0.25) is 17.7 Å². The van der Waals surface area contributed by atoms with Gasteiger partial charge in [-0.05, 0) is 24.1 Å². The van der Waals surface area contributed by atoms with Crippen molar-refractivity contribution in [3.05, 3.63) is 35.6 Å². The third-order valence-electron chi connectivity index (χ3n) is 3.97. The van der Waals surface area contributed by atoms with Crippen LogP contribution in [0.1, 0.15) is 19.4 Å². The Bertz CT molecular complexity index is 652. The van der Waals surface area contributed by atoms with Crippen LogP contribution in [0, 0.1) is 11.7 Å². The second-order valence-electron chi connectivity index (χ2n) is 6.45. The Morgan fingerprint density at radius 3 is 2.50 bits per heavy atom. The van der Waals surface area contributed by atoms with Crippen LogP contribution < -0.4 is 16.0 Å². The molecule has 0 unspecified atom stereocenters. The molecule has 2 rings (SSSR count). The van der Waals surface area contributed by atoms with Crippen molar-refractivity contribution in [1.82, 2.24) is 16.0 Å². The lowest BCUT2D eigenvalue weighted by molar-refractivity contribution is -0.128. The Balaban J connectivity index is 1.73. The number of halogens is 1. The topological polar surface area (TPSA) is 87.3 Å². The van der Waals surface area contributed by atoms with Gasteiger partial charge in [0.1, 0.15) is 11.9 Å². The highest BCUT2D eigenvalue weighted by Crippen LogP contribution is 2.22. The zero-order valence-electron chi connectivity index (χ0n) is 14.9. The molecule has 0 aliphatic carbocycles. The van der Waals surface area contributed by atoms with E-state index >= 15 is 0 Å². The Kier molecular flexibility index (Phi) is 7.44. The van der Waals surface area contributed by atoms with Gasteiger partial charge in [0, 0.05) is 24.8 Å².